The molecule has 0 radical (unpaired) electrons. The molecule has 1 heterocycles. The van der Waals surface area contributed by atoms with Gasteiger partial charge in [-0.2, -0.15) is 0 Å². The smallest absolute Gasteiger partial charge is 0.0460 e. The van der Waals surface area contributed by atoms with Crippen LogP contribution in [0.15, 0.2) is 18.2 Å². The van der Waals surface area contributed by atoms with Gasteiger partial charge in [-0.3, -0.25) is 0 Å². The van der Waals surface area contributed by atoms with Crippen molar-refractivity contribution >= 4 is 22.5 Å². The lowest BCUT2D eigenvalue weighted by Crippen LogP contribution is -2.05. The molecule has 0 aliphatic rings. The summed E-state index contributed by atoms with van der Waals surface area (Å²) in [6.07, 6.45) is 0.897. The zero-order valence-corrected chi connectivity index (χ0v) is 10.4. The molecule has 0 aliphatic heterocycles. The van der Waals surface area contributed by atoms with Crippen molar-refractivity contribution in [3.05, 3.63) is 34.5 Å². The van der Waals surface area contributed by atoms with Crippen LogP contribution in [0.3, 0.4) is 0 Å². The first-order chi connectivity index (χ1) is 7.63. The molecule has 3 N–H and O–H groups in total. The lowest BCUT2D eigenvalue weighted by molar-refractivity contribution is 0.809. The molecule has 1 aromatic heterocycles. The van der Waals surface area contributed by atoms with Gasteiger partial charge >= 0.3 is 0 Å². The highest BCUT2D eigenvalue weighted by Gasteiger charge is 2.13. The second-order valence-electron chi connectivity index (χ2n) is 4.40. The molecule has 0 aliphatic carbocycles. The molecule has 2 aromatic rings. The van der Waals surface area contributed by atoms with Crippen LogP contribution in [-0.4, -0.2) is 11.5 Å². The SMILES string of the molecule is CC(C)c1[nH]c2ccc(Cl)cc2c1CCN. The van der Waals surface area contributed by atoms with E-state index in [4.69, 9.17) is 17.3 Å². The summed E-state index contributed by atoms with van der Waals surface area (Å²) >= 11 is 6.03. The van der Waals surface area contributed by atoms with E-state index < -0.39 is 0 Å². The van der Waals surface area contributed by atoms with E-state index in [1.54, 1.807) is 0 Å². The fraction of sp³-hybridized carbons (Fsp3) is 0.385. The molecule has 0 unspecified atom stereocenters. The lowest BCUT2D eigenvalue weighted by Gasteiger charge is -2.06. The van der Waals surface area contributed by atoms with E-state index in [-0.39, 0.29) is 0 Å². The number of aromatic nitrogens is 1. The number of rotatable bonds is 3. The molecule has 3 heteroatoms. The Morgan fingerprint density at radius 3 is 2.75 bits per heavy atom. The molecule has 0 saturated heterocycles. The number of benzene rings is 1. The number of fused-ring (bicyclic) bond motifs is 1. The van der Waals surface area contributed by atoms with Crippen LogP contribution in [0.2, 0.25) is 5.02 Å². The van der Waals surface area contributed by atoms with Crippen LogP contribution in [0.1, 0.15) is 31.0 Å². The van der Waals surface area contributed by atoms with Gasteiger partial charge in [0, 0.05) is 21.6 Å². The molecule has 0 atom stereocenters. The van der Waals surface area contributed by atoms with Crippen molar-refractivity contribution in [1.29, 1.82) is 0 Å². The Morgan fingerprint density at radius 1 is 1.38 bits per heavy atom. The Kier molecular flexibility index (Phi) is 3.22. The van der Waals surface area contributed by atoms with E-state index in [1.807, 2.05) is 18.2 Å². The summed E-state index contributed by atoms with van der Waals surface area (Å²) in [4.78, 5) is 3.46. The number of hydrogen-bond acceptors (Lipinski definition) is 1. The van der Waals surface area contributed by atoms with Crippen LogP contribution in [0.4, 0.5) is 0 Å². The Morgan fingerprint density at radius 2 is 2.12 bits per heavy atom. The summed E-state index contributed by atoms with van der Waals surface area (Å²) in [5.41, 5.74) is 9.42. The molecule has 0 saturated carbocycles. The predicted octanol–water partition coefficient (Wildman–Crippen LogP) is 3.45. The average Bonchev–Trinajstić information content (AvgIpc) is 2.58. The van der Waals surface area contributed by atoms with Gasteiger partial charge in [0.25, 0.3) is 0 Å². The highest BCUT2D eigenvalue weighted by molar-refractivity contribution is 6.31. The molecule has 86 valence electrons. The molecule has 0 spiro atoms. The van der Waals surface area contributed by atoms with E-state index in [2.05, 4.69) is 18.8 Å². The van der Waals surface area contributed by atoms with E-state index in [0.29, 0.717) is 12.5 Å². The summed E-state index contributed by atoms with van der Waals surface area (Å²) < 4.78 is 0. The first-order valence-corrected chi connectivity index (χ1v) is 6.01. The molecule has 0 amide bonds. The fourth-order valence-corrected chi connectivity index (χ4v) is 2.32. The predicted molar refractivity (Wildman–Crippen MR) is 70.2 cm³/mol. The van der Waals surface area contributed by atoms with Crippen molar-refractivity contribution < 1.29 is 0 Å². The Hall–Kier alpha value is -0.990. The summed E-state index contributed by atoms with van der Waals surface area (Å²) in [5, 5.41) is 1.99. The third-order valence-corrected chi connectivity index (χ3v) is 3.11. The van der Waals surface area contributed by atoms with Crippen LogP contribution in [0.5, 0.6) is 0 Å². The highest BCUT2D eigenvalue weighted by Crippen LogP contribution is 2.29. The number of nitrogens with one attached hydrogen (secondary N) is 1. The molecule has 2 rings (SSSR count). The number of nitrogens with two attached hydrogens (primary N) is 1. The van der Waals surface area contributed by atoms with Crippen LogP contribution in [0, 0.1) is 0 Å². The summed E-state index contributed by atoms with van der Waals surface area (Å²) in [6.45, 7) is 5.04. The van der Waals surface area contributed by atoms with Crippen LogP contribution >= 0.6 is 11.6 Å². The topological polar surface area (TPSA) is 41.8 Å². The van der Waals surface area contributed by atoms with E-state index in [0.717, 1.165) is 17.0 Å². The molecular weight excluding hydrogens is 220 g/mol. The van der Waals surface area contributed by atoms with E-state index in [9.17, 15) is 0 Å². The highest BCUT2D eigenvalue weighted by atomic mass is 35.5. The van der Waals surface area contributed by atoms with Gasteiger partial charge in [0.05, 0.1) is 0 Å². The summed E-state index contributed by atoms with van der Waals surface area (Å²) in [5.74, 6) is 0.479. The maximum atomic E-state index is 6.03. The number of hydrogen-bond donors (Lipinski definition) is 2. The van der Waals surface area contributed by atoms with E-state index in [1.165, 1.54) is 16.6 Å². The maximum Gasteiger partial charge on any atom is 0.0460 e. The van der Waals surface area contributed by atoms with Crippen LogP contribution in [-0.2, 0) is 6.42 Å². The second kappa shape index (κ2) is 4.48. The minimum atomic E-state index is 0.479. The number of H-pyrrole nitrogens is 1. The zero-order chi connectivity index (χ0) is 11.7. The fourth-order valence-electron chi connectivity index (χ4n) is 2.15. The Labute approximate surface area is 101 Å². The van der Waals surface area contributed by atoms with E-state index >= 15 is 0 Å². The third kappa shape index (κ3) is 1.95. The first kappa shape index (κ1) is 11.5. The third-order valence-electron chi connectivity index (χ3n) is 2.87. The molecule has 0 fully saturated rings. The normalized spacial score (nSPS) is 11.6. The van der Waals surface area contributed by atoms with Gasteiger partial charge in [-0.25, -0.2) is 0 Å². The van der Waals surface area contributed by atoms with Gasteiger partial charge in [0.2, 0.25) is 0 Å². The van der Waals surface area contributed by atoms with Gasteiger partial charge in [-0.05, 0) is 42.6 Å². The molecular formula is C13H17ClN2. The van der Waals surface area contributed by atoms with Crippen molar-refractivity contribution in [3.8, 4) is 0 Å². The van der Waals surface area contributed by atoms with Gasteiger partial charge in [-0.15, -0.1) is 0 Å². The largest absolute Gasteiger partial charge is 0.358 e. The van der Waals surface area contributed by atoms with Crippen LogP contribution < -0.4 is 5.73 Å². The monoisotopic (exact) mass is 236 g/mol. The summed E-state index contributed by atoms with van der Waals surface area (Å²) in [6, 6.07) is 5.96. The summed E-state index contributed by atoms with van der Waals surface area (Å²) in [7, 11) is 0. The molecule has 16 heavy (non-hydrogen) atoms. The first-order valence-electron chi connectivity index (χ1n) is 5.63. The van der Waals surface area contributed by atoms with Crippen molar-refractivity contribution in [1.82, 2.24) is 4.98 Å². The van der Waals surface area contributed by atoms with Gasteiger partial charge in [-0.1, -0.05) is 25.4 Å². The Balaban J connectivity index is 2.67. The average molecular weight is 237 g/mol. The second-order valence-corrected chi connectivity index (χ2v) is 4.84. The van der Waals surface area contributed by atoms with Crippen molar-refractivity contribution in [2.24, 2.45) is 5.73 Å². The zero-order valence-electron chi connectivity index (χ0n) is 9.68. The number of halogens is 1. The minimum Gasteiger partial charge on any atom is -0.358 e. The van der Waals surface area contributed by atoms with Gasteiger partial charge in [0.15, 0.2) is 0 Å². The van der Waals surface area contributed by atoms with Gasteiger partial charge in [0.1, 0.15) is 0 Å². The minimum absolute atomic E-state index is 0.479. The van der Waals surface area contributed by atoms with Crippen molar-refractivity contribution in [2.75, 3.05) is 6.54 Å². The maximum absolute atomic E-state index is 6.03. The van der Waals surface area contributed by atoms with Crippen LogP contribution in [0.25, 0.3) is 10.9 Å². The molecule has 0 bridgehead atoms. The van der Waals surface area contributed by atoms with Gasteiger partial charge < -0.3 is 10.7 Å². The number of aromatic amines is 1. The van der Waals surface area contributed by atoms with Crippen molar-refractivity contribution in [2.45, 2.75) is 26.2 Å². The van der Waals surface area contributed by atoms with Crippen molar-refractivity contribution in [3.63, 3.8) is 0 Å². The standard InChI is InChI=1S/C13H17ClN2/c1-8(2)13-10(5-6-15)11-7-9(14)3-4-12(11)16-13/h3-4,7-8,16H,5-6,15H2,1-2H3. The molecule has 2 nitrogen and oxygen atoms in total. The lowest BCUT2D eigenvalue weighted by atomic mass is 10.0. The Bertz CT molecular complexity index is 500. The quantitative estimate of drug-likeness (QED) is 0.842. The molecule has 1 aromatic carbocycles.